The molecule has 1 N–H and O–H groups in total. The van der Waals surface area contributed by atoms with Gasteiger partial charge in [0.15, 0.2) is 12.2 Å². The van der Waals surface area contributed by atoms with Crippen LogP contribution < -0.4 is 0 Å². The summed E-state index contributed by atoms with van der Waals surface area (Å²) in [4.78, 5) is 45.3. The minimum absolute atomic E-state index is 0.625. The second kappa shape index (κ2) is 8.60. The van der Waals surface area contributed by atoms with Crippen LogP contribution in [0.15, 0.2) is 0 Å². The number of aliphatic hydroxyl groups is 1. The molecule has 1 saturated heterocycles. The zero-order valence-electron chi connectivity index (χ0n) is 13.7. The molecule has 136 valence electrons. The molecule has 10 nitrogen and oxygen atoms in total. The van der Waals surface area contributed by atoms with Gasteiger partial charge in [-0.05, 0) is 0 Å². The van der Waals surface area contributed by atoms with Gasteiger partial charge in [0.05, 0.1) is 6.61 Å². The molecule has 1 unspecified atom stereocenters. The number of ether oxygens (including phenoxy) is 5. The highest BCUT2D eigenvalue weighted by Crippen LogP contribution is 2.29. The van der Waals surface area contributed by atoms with Gasteiger partial charge in [0.25, 0.3) is 0 Å². The molecular formula is C14H20O10. The first-order valence-electron chi connectivity index (χ1n) is 7.11. The zero-order valence-corrected chi connectivity index (χ0v) is 13.7. The van der Waals surface area contributed by atoms with Gasteiger partial charge in [0, 0.05) is 27.7 Å². The van der Waals surface area contributed by atoms with E-state index in [0.717, 1.165) is 27.7 Å². The minimum atomic E-state index is -1.44. The van der Waals surface area contributed by atoms with Crippen molar-refractivity contribution in [2.45, 2.75) is 58.4 Å². The van der Waals surface area contributed by atoms with Crippen LogP contribution in [0.2, 0.25) is 0 Å². The van der Waals surface area contributed by atoms with Crippen LogP contribution in [0.5, 0.6) is 0 Å². The van der Waals surface area contributed by atoms with Gasteiger partial charge in [-0.3, -0.25) is 19.2 Å². The highest BCUT2D eigenvalue weighted by molar-refractivity contribution is 5.69. The first-order valence-corrected chi connectivity index (χ1v) is 7.11. The molecule has 1 heterocycles. The maximum Gasteiger partial charge on any atom is 0.305 e. The molecule has 0 aromatic rings. The van der Waals surface area contributed by atoms with Crippen molar-refractivity contribution in [3.63, 3.8) is 0 Å². The fourth-order valence-electron chi connectivity index (χ4n) is 2.26. The van der Waals surface area contributed by atoms with E-state index in [4.69, 9.17) is 23.7 Å². The predicted molar refractivity (Wildman–Crippen MR) is 74.2 cm³/mol. The average molecular weight is 348 g/mol. The second-order valence-electron chi connectivity index (χ2n) is 5.06. The van der Waals surface area contributed by atoms with Gasteiger partial charge in [0.1, 0.15) is 6.10 Å². The van der Waals surface area contributed by atoms with E-state index >= 15 is 0 Å². The van der Waals surface area contributed by atoms with Crippen molar-refractivity contribution in [2.24, 2.45) is 0 Å². The topological polar surface area (TPSA) is 135 Å². The molecule has 1 fully saturated rings. The van der Waals surface area contributed by atoms with E-state index in [1.165, 1.54) is 0 Å². The van der Waals surface area contributed by atoms with Crippen LogP contribution in [0.25, 0.3) is 0 Å². The lowest BCUT2D eigenvalue weighted by molar-refractivity contribution is -0.299. The summed E-state index contributed by atoms with van der Waals surface area (Å²) in [6, 6.07) is 0. The predicted octanol–water partition coefficient (Wildman–Crippen LogP) is -0.938. The Hall–Kier alpha value is -2.20. The van der Waals surface area contributed by atoms with E-state index in [1.807, 2.05) is 0 Å². The summed E-state index contributed by atoms with van der Waals surface area (Å²) in [7, 11) is 0. The van der Waals surface area contributed by atoms with Gasteiger partial charge < -0.3 is 28.8 Å². The molecule has 10 heteroatoms. The number of carbonyl (C=O) groups excluding carboxylic acids is 4. The third-order valence-corrected chi connectivity index (χ3v) is 2.96. The Kier molecular flexibility index (Phi) is 7.11. The Morgan fingerprint density at radius 2 is 1.17 bits per heavy atom. The zero-order chi connectivity index (χ0) is 18.4. The summed E-state index contributed by atoms with van der Waals surface area (Å²) in [6.07, 6.45) is -6.56. The molecule has 0 amide bonds. The smallest absolute Gasteiger partial charge is 0.305 e. The molecule has 1 aliphatic rings. The first kappa shape index (κ1) is 19.8. The number of hydrogen-bond acceptors (Lipinski definition) is 10. The van der Waals surface area contributed by atoms with Crippen LogP contribution in [0.1, 0.15) is 27.7 Å². The fourth-order valence-corrected chi connectivity index (χ4v) is 2.26. The lowest BCUT2D eigenvalue weighted by atomic mass is 9.98. The van der Waals surface area contributed by atoms with Crippen molar-refractivity contribution in [1.29, 1.82) is 0 Å². The van der Waals surface area contributed by atoms with Crippen molar-refractivity contribution >= 4 is 23.9 Å². The molecule has 1 aliphatic heterocycles. The Labute approximate surface area is 137 Å². The number of esters is 4. The summed E-state index contributed by atoms with van der Waals surface area (Å²) < 4.78 is 25.4. The SMILES string of the molecule is CC(=O)OC1O[C@@H](CO)[C@H](OC(C)=O)[C@@H](OC(C)=O)[C@@H]1OC(C)=O. The van der Waals surface area contributed by atoms with Gasteiger partial charge in [-0.2, -0.15) is 0 Å². The van der Waals surface area contributed by atoms with Crippen molar-refractivity contribution in [1.82, 2.24) is 0 Å². The van der Waals surface area contributed by atoms with Crippen molar-refractivity contribution in [3.8, 4) is 0 Å². The van der Waals surface area contributed by atoms with Crippen LogP contribution in [0.3, 0.4) is 0 Å². The number of rotatable bonds is 5. The average Bonchev–Trinajstić information content (AvgIpc) is 2.42. The molecule has 0 aliphatic carbocycles. The molecule has 0 saturated carbocycles. The molecule has 0 spiro atoms. The number of hydrogen-bond donors (Lipinski definition) is 1. The van der Waals surface area contributed by atoms with Crippen LogP contribution in [-0.4, -0.2) is 66.3 Å². The molecule has 5 atom stereocenters. The Bertz CT molecular complexity index is 502. The molecule has 24 heavy (non-hydrogen) atoms. The van der Waals surface area contributed by atoms with Gasteiger partial charge in [-0.1, -0.05) is 0 Å². The van der Waals surface area contributed by atoms with E-state index in [1.54, 1.807) is 0 Å². The Balaban J connectivity index is 3.23. The highest BCUT2D eigenvalue weighted by Gasteiger charge is 2.53. The summed E-state index contributed by atoms with van der Waals surface area (Å²) in [5, 5.41) is 9.44. The van der Waals surface area contributed by atoms with Crippen LogP contribution >= 0.6 is 0 Å². The molecule has 0 aromatic carbocycles. The monoisotopic (exact) mass is 348 g/mol. The van der Waals surface area contributed by atoms with Crippen LogP contribution in [0, 0.1) is 0 Å². The maximum atomic E-state index is 11.4. The lowest BCUT2D eigenvalue weighted by Gasteiger charge is -2.43. The van der Waals surface area contributed by atoms with Gasteiger partial charge in [-0.25, -0.2) is 0 Å². The van der Waals surface area contributed by atoms with E-state index in [9.17, 15) is 24.3 Å². The van der Waals surface area contributed by atoms with E-state index in [0.29, 0.717) is 0 Å². The van der Waals surface area contributed by atoms with E-state index in [2.05, 4.69) is 0 Å². The fraction of sp³-hybridized carbons (Fsp3) is 0.714. The van der Waals surface area contributed by atoms with Crippen molar-refractivity contribution < 1.29 is 48.0 Å². The van der Waals surface area contributed by atoms with Crippen molar-refractivity contribution in [2.75, 3.05) is 6.61 Å². The molecule has 1 rings (SSSR count). The third kappa shape index (κ3) is 5.46. The van der Waals surface area contributed by atoms with E-state index in [-0.39, 0.29) is 0 Å². The lowest BCUT2D eigenvalue weighted by Crippen LogP contribution is -2.62. The minimum Gasteiger partial charge on any atom is -0.456 e. The highest BCUT2D eigenvalue weighted by atomic mass is 16.7. The van der Waals surface area contributed by atoms with Gasteiger partial charge >= 0.3 is 23.9 Å². The molecular weight excluding hydrogens is 328 g/mol. The standard InChI is InChI=1S/C14H20O10/c1-6(16)20-11-10(5-15)24-14(23-9(4)19)13(22-8(3)18)12(11)21-7(2)17/h10-15H,5H2,1-4H3/t10-,11-,12+,13-,14?/m0/s1. The summed E-state index contributed by atoms with van der Waals surface area (Å²) in [6.45, 7) is 3.77. The van der Waals surface area contributed by atoms with Crippen LogP contribution in [-0.2, 0) is 42.9 Å². The number of aliphatic hydroxyl groups excluding tert-OH is 1. The largest absolute Gasteiger partial charge is 0.456 e. The first-order chi connectivity index (χ1) is 11.1. The summed E-state index contributed by atoms with van der Waals surface area (Å²) in [5.41, 5.74) is 0. The Morgan fingerprint density at radius 1 is 0.750 bits per heavy atom. The normalized spacial score (nSPS) is 29.3. The Morgan fingerprint density at radius 3 is 1.58 bits per heavy atom. The number of carbonyl (C=O) groups is 4. The van der Waals surface area contributed by atoms with Crippen LogP contribution in [0.4, 0.5) is 0 Å². The molecule has 0 radical (unpaired) electrons. The maximum absolute atomic E-state index is 11.4. The van der Waals surface area contributed by atoms with E-state index < -0.39 is 61.2 Å². The molecule has 0 aromatic heterocycles. The summed E-state index contributed by atoms with van der Waals surface area (Å²) in [5.74, 6) is -3.00. The quantitative estimate of drug-likeness (QED) is 0.490. The molecule has 0 bridgehead atoms. The third-order valence-electron chi connectivity index (χ3n) is 2.96. The summed E-state index contributed by atoms with van der Waals surface area (Å²) >= 11 is 0. The van der Waals surface area contributed by atoms with Gasteiger partial charge in [-0.15, -0.1) is 0 Å². The van der Waals surface area contributed by atoms with Crippen molar-refractivity contribution in [3.05, 3.63) is 0 Å². The van der Waals surface area contributed by atoms with Gasteiger partial charge in [0.2, 0.25) is 12.4 Å². The second-order valence-corrected chi connectivity index (χ2v) is 5.06.